The van der Waals surface area contributed by atoms with Crippen molar-refractivity contribution in [2.45, 2.75) is 25.3 Å². The van der Waals surface area contributed by atoms with Crippen LogP contribution in [0.25, 0.3) is 5.57 Å². The van der Waals surface area contributed by atoms with E-state index in [1.807, 2.05) is 35.5 Å². The van der Waals surface area contributed by atoms with Crippen LogP contribution in [0.5, 0.6) is 0 Å². The quantitative estimate of drug-likeness (QED) is 0.531. The predicted octanol–water partition coefficient (Wildman–Crippen LogP) is 4.03. The molecule has 0 bridgehead atoms. The van der Waals surface area contributed by atoms with Gasteiger partial charge in [-0.25, -0.2) is 0 Å². The fourth-order valence-electron chi connectivity index (χ4n) is 4.08. The van der Waals surface area contributed by atoms with Crippen molar-refractivity contribution in [2.75, 3.05) is 13.6 Å². The Balaban J connectivity index is 1.82. The second-order valence-corrected chi connectivity index (χ2v) is 9.36. The Morgan fingerprint density at radius 1 is 1.34 bits per heavy atom. The number of hydrogen-bond acceptors (Lipinski definition) is 3. The summed E-state index contributed by atoms with van der Waals surface area (Å²) in [6, 6.07) is 10.3. The second kappa shape index (κ2) is 8.27. The SMILES string of the molecule is C=CC(=O)N1Cc2sc(Cl)cc2[C@H](c2ccccc2/C(=C/[NH2+]C)C(=N)C2CC2)C1. The zero-order chi connectivity index (χ0) is 20.5. The molecule has 4 rings (SSSR count). The summed E-state index contributed by atoms with van der Waals surface area (Å²) in [5.74, 6) is 0.325. The molecule has 1 aromatic carbocycles. The lowest BCUT2D eigenvalue weighted by molar-refractivity contribution is -0.555. The number of benzene rings is 1. The molecule has 2 aromatic rings. The highest BCUT2D eigenvalue weighted by Gasteiger charge is 2.34. The van der Waals surface area contributed by atoms with Gasteiger partial charge in [0, 0.05) is 29.0 Å². The average molecular weight is 427 g/mol. The highest BCUT2D eigenvalue weighted by molar-refractivity contribution is 7.16. The standard InChI is InChI=1S/C23H24ClN3OS/c1-3-22(28)27-12-19(17-10-21(24)29-20(17)13-27)16-7-5-4-6-15(16)18(11-26-2)23(25)14-8-9-14/h3-7,10-11,14,19,25-26H,1,8-9,12-13H2,2H3/p+1/b18-11-,25-23?/t19-/m0/s1. The normalized spacial score (nSPS) is 19.0. The first-order valence-corrected chi connectivity index (χ1v) is 11.1. The maximum atomic E-state index is 12.4. The van der Waals surface area contributed by atoms with Gasteiger partial charge in [0.15, 0.2) is 0 Å². The number of fused-ring (bicyclic) bond motifs is 1. The molecule has 0 saturated heterocycles. The Bertz CT molecular complexity index is 1010. The van der Waals surface area contributed by atoms with Gasteiger partial charge in [-0.2, -0.15) is 0 Å². The lowest BCUT2D eigenvalue weighted by Crippen LogP contribution is -2.73. The molecular weight excluding hydrogens is 402 g/mol. The lowest BCUT2D eigenvalue weighted by Gasteiger charge is -2.33. The third-order valence-corrected chi connectivity index (χ3v) is 6.91. The van der Waals surface area contributed by atoms with Gasteiger partial charge in [-0.15, -0.1) is 11.3 Å². The van der Waals surface area contributed by atoms with E-state index in [-0.39, 0.29) is 11.8 Å². The number of thiophene rings is 1. The number of carbonyl (C=O) groups is 1. The van der Waals surface area contributed by atoms with Crippen molar-refractivity contribution in [3.05, 3.63) is 75.1 Å². The summed E-state index contributed by atoms with van der Waals surface area (Å²) in [5, 5.41) is 10.7. The third-order valence-electron chi connectivity index (χ3n) is 5.65. The van der Waals surface area contributed by atoms with Crippen LogP contribution >= 0.6 is 22.9 Å². The number of rotatable bonds is 6. The summed E-state index contributed by atoms with van der Waals surface area (Å²) in [7, 11) is 1.99. The molecule has 1 amide bonds. The van der Waals surface area contributed by atoms with E-state index in [2.05, 4.69) is 24.9 Å². The first-order chi connectivity index (χ1) is 14.0. The van der Waals surface area contributed by atoms with Crippen LogP contribution in [0.3, 0.4) is 0 Å². The maximum Gasteiger partial charge on any atom is 0.246 e. The fraction of sp³-hybridized carbons (Fsp3) is 0.304. The lowest BCUT2D eigenvalue weighted by atomic mass is 9.82. The molecule has 1 aromatic heterocycles. The molecule has 1 atom stereocenters. The van der Waals surface area contributed by atoms with E-state index in [1.165, 1.54) is 11.6 Å². The Hall–Kier alpha value is -2.21. The summed E-state index contributed by atoms with van der Waals surface area (Å²) in [5.41, 5.74) is 5.12. The van der Waals surface area contributed by atoms with Crippen molar-refractivity contribution in [3.8, 4) is 0 Å². The van der Waals surface area contributed by atoms with Gasteiger partial charge in [-0.1, -0.05) is 42.4 Å². The molecule has 2 aliphatic rings. The largest absolute Gasteiger partial charge is 0.333 e. The Morgan fingerprint density at radius 3 is 2.79 bits per heavy atom. The number of nitrogens with one attached hydrogen (secondary N) is 1. The van der Waals surface area contributed by atoms with E-state index in [0.29, 0.717) is 24.7 Å². The molecule has 150 valence electrons. The maximum absolute atomic E-state index is 12.4. The number of nitrogens with zero attached hydrogens (tertiary/aromatic N) is 1. The van der Waals surface area contributed by atoms with Gasteiger partial charge in [0.1, 0.15) is 6.20 Å². The van der Waals surface area contributed by atoms with Crippen molar-refractivity contribution in [1.82, 2.24) is 4.90 Å². The van der Waals surface area contributed by atoms with Crippen LogP contribution in [0.2, 0.25) is 4.34 Å². The zero-order valence-electron chi connectivity index (χ0n) is 16.5. The Morgan fingerprint density at radius 2 is 2.10 bits per heavy atom. The molecule has 2 heterocycles. The molecule has 1 fully saturated rings. The van der Waals surface area contributed by atoms with Gasteiger partial charge < -0.3 is 15.6 Å². The van der Waals surface area contributed by atoms with Crippen LogP contribution in [0.1, 0.15) is 40.3 Å². The van der Waals surface area contributed by atoms with Gasteiger partial charge in [-0.05, 0) is 41.7 Å². The molecule has 0 unspecified atom stereocenters. The fourth-order valence-corrected chi connectivity index (χ4v) is 5.43. The van der Waals surface area contributed by atoms with Crippen LogP contribution in [0.15, 0.2) is 49.2 Å². The van der Waals surface area contributed by atoms with Gasteiger partial charge in [-0.3, -0.25) is 4.79 Å². The number of halogens is 1. The highest BCUT2D eigenvalue weighted by Crippen LogP contribution is 2.43. The monoisotopic (exact) mass is 426 g/mol. The molecule has 3 N–H and O–H groups in total. The predicted molar refractivity (Wildman–Crippen MR) is 120 cm³/mol. The molecule has 29 heavy (non-hydrogen) atoms. The van der Waals surface area contributed by atoms with E-state index in [0.717, 1.165) is 38.8 Å². The number of hydrogen-bond donors (Lipinski definition) is 2. The summed E-state index contributed by atoms with van der Waals surface area (Å²) < 4.78 is 0.744. The molecular formula is C23H25ClN3OS+. The van der Waals surface area contributed by atoms with Gasteiger partial charge in [0.25, 0.3) is 0 Å². The number of allylic oxidation sites excluding steroid dienone is 1. The van der Waals surface area contributed by atoms with E-state index >= 15 is 0 Å². The topological polar surface area (TPSA) is 60.8 Å². The minimum absolute atomic E-state index is 0.0230. The van der Waals surface area contributed by atoms with E-state index in [9.17, 15) is 4.79 Å². The first-order valence-electron chi connectivity index (χ1n) is 9.90. The Kier molecular flexibility index (Phi) is 5.72. The number of amides is 1. The number of quaternary nitrogens is 1. The first kappa shape index (κ1) is 20.1. The summed E-state index contributed by atoms with van der Waals surface area (Å²) in [4.78, 5) is 15.4. The van der Waals surface area contributed by atoms with Crippen LogP contribution in [-0.2, 0) is 11.3 Å². The smallest absolute Gasteiger partial charge is 0.246 e. The van der Waals surface area contributed by atoms with Crippen LogP contribution in [-0.4, -0.2) is 30.1 Å². The summed E-state index contributed by atoms with van der Waals surface area (Å²) >= 11 is 7.90. The van der Waals surface area contributed by atoms with Gasteiger partial charge >= 0.3 is 0 Å². The molecule has 0 spiro atoms. The molecule has 1 aliphatic carbocycles. The summed E-state index contributed by atoms with van der Waals surface area (Å²) in [6.45, 7) is 4.81. The van der Waals surface area contributed by atoms with Crippen LogP contribution in [0, 0.1) is 11.3 Å². The number of nitrogens with two attached hydrogens (primary N) is 1. The zero-order valence-corrected chi connectivity index (χ0v) is 18.0. The van der Waals surface area contributed by atoms with Crippen molar-refractivity contribution >= 4 is 40.1 Å². The van der Waals surface area contributed by atoms with Gasteiger partial charge in [0.05, 0.1) is 23.5 Å². The van der Waals surface area contributed by atoms with E-state index < -0.39 is 0 Å². The minimum atomic E-state index is -0.0639. The molecule has 4 nitrogen and oxygen atoms in total. The van der Waals surface area contributed by atoms with Crippen molar-refractivity contribution in [3.63, 3.8) is 0 Å². The van der Waals surface area contributed by atoms with Gasteiger partial charge in [0.2, 0.25) is 5.91 Å². The number of carbonyl (C=O) groups excluding carboxylic acids is 1. The average Bonchev–Trinajstić information content (AvgIpc) is 3.51. The Labute approximate surface area is 180 Å². The van der Waals surface area contributed by atoms with Crippen LogP contribution in [0.4, 0.5) is 0 Å². The minimum Gasteiger partial charge on any atom is -0.333 e. The summed E-state index contributed by atoms with van der Waals surface area (Å²) in [6.07, 6.45) is 5.62. The van der Waals surface area contributed by atoms with E-state index in [4.69, 9.17) is 17.0 Å². The van der Waals surface area contributed by atoms with E-state index in [1.54, 1.807) is 11.3 Å². The highest BCUT2D eigenvalue weighted by atomic mass is 35.5. The van der Waals surface area contributed by atoms with Crippen LogP contribution < -0.4 is 5.32 Å². The molecule has 6 heteroatoms. The molecule has 1 saturated carbocycles. The molecule has 1 aliphatic heterocycles. The van der Waals surface area contributed by atoms with Crippen molar-refractivity contribution in [1.29, 1.82) is 5.41 Å². The third kappa shape index (κ3) is 3.95. The van der Waals surface area contributed by atoms with Crippen molar-refractivity contribution < 1.29 is 10.1 Å². The second-order valence-electron chi connectivity index (χ2n) is 7.59. The molecule has 0 radical (unpaired) electrons. The van der Waals surface area contributed by atoms with Crippen molar-refractivity contribution in [2.24, 2.45) is 5.92 Å².